The smallest absolute Gasteiger partial charge is 0.406 e. The van der Waals surface area contributed by atoms with E-state index in [1.165, 1.54) is 24.3 Å². The van der Waals surface area contributed by atoms with Gasteiger partial charge in [0.2, 0.25) is 0 Å². The molecule has 0 radical (unpaired) electrons. The number of aromatic nitrogens is 2. The number of aliphatic imine (C=N–C) groups is 1. The molecule has 3 aromatic rings. The summed E-state index contributed by atoms with van der Waals surface area (Å²) < 4.78 is 40.2. The first-order valence-electron chi connectivity index (χ1n) is 8.21. The quantitative estimate of drug-likeness (QED) is 0.455. The van der Waals surface area contributed by atoms with Crippen LogP contribution < -0.4 is 15.8 Å². The summed E-state index contributed by atoms with van der Waals surface area (Å²) in [6, 6.07) is 13.3. The van der Waals surface area contributed by atoms with E-state index >= 15 is 0 Å². The lowest BCUT2D eigenvalue weighted by Crippen LogP contribution is -2.33. The van der Waals surface area contributed by atoms with Gasteiger partial charge in [0.1, 0.15) is 11.6 Å². The molecule has 27 heavy (non-hydrogen) atoms. The fourth-order valence-corrected chi connectivity index (χ4v) is 2.46. The average molecular weight is 377 g/mol. The lowest BCUT2D eigenvalue weighted by molar-refractivity contribution is -0.274. The number of hydrogen-bond acceptors (Lipinski definition) is 3. The number of nitrogens with zero attached hydrogens (tertiary/aromatic N) is 2. The number of imidazole rings is 1. The Labute approximate surface area is 153 Å². The van der Waals surface area contributed by atoms with Crippen LogP contribution in [0.3, 0.4) is 0 Å². The van der Waals surface area contributed by atoms with Gasteiger partial charge in [-0.1, -0.05) is 24.3 Å². The van der Waals surface area contributed by atoms with Gasteiger partial charge < -0.3 is 20.8 Å². The first-order valence-corrected chi connectivity index (χ1v) is 8.21. The third kappa shape index (κ3) is 5.63. The molecule has 0 atom stereocenters. The van der Waals surface area contributed by atoms with Crippen LogP contribution in [0.15, 0.2) is 53.5 Å². The molecule has 1 aromatic heterocycles. The number of fused-ring (bicyclic) bond motifs is 1. The highest BCUT2D eigenvalue weighted by atomic mass is 19.4. The van der Waals surface area contributed by atoms with Crippen LogP contribution in [0.25, 0.3) is 11.0 Å². The average Bonchev–Trinajstić information content (AvgIpc) is 3.02. The summed E-state index contributed by atoms with van der Waals surface area (Å²) in [6.07, 6.45) is -4.05. The highest BCUT2D eigenvalue weighted by Gasteiger charge is 2.30. The second-order valence-corrected chi connectivity index (χ2v) is 5.77. The van der Waals surface area contributed by atoms with Crippen molar-refractivity contribution in [2.75, 3.05) is 6.54 Å². The Kier molecular flexibility index (Phi) is 5.49. The number of nitrogens with one attached hydrogen (secondary N) is 2. The van der Waals surface area contributed by atoms with Gasteiger partial charge in [-0.2, -0.15) is 0 Å². The van der Waals surface area contributed by atoms with Crippen LogP contribution >= 0.6 is 0 Å². The topological polar surface area (TPSA) is 88.3 Å². The Morgan fingerprint density at radius 2 is 1.89 bits per heavy atom. The molecule has 4 N–H and O–H groups in total. The molecule has 3 rings (SSSR count). The zero-order valence-electron chi connectivity index (χ0n) is 14.3. The van der Waals surface area contributed by atoms with Crippen LogP contribution in [-0.4, -0.2) is 28.8 Å². The lowest BCUT2D eigenvalue weighted by Gasteiger charge is -2.09. The molecule has 0 unspecified atom stereocenters. The van der Waals surface area contributed by atoms with E-state index in [-0.39, 0.29) is 18.3 Å². The second kappa shape index (κ2) is 7.98. The van der Waals surface area contributed by atoms with Gasteiger partial charge in [0.15, 0.2) is 5.96 Å². The predicted molar refractivity (Wildman–Crippen MR) is 96.3 cm³/mol. The van der Waals surface area contributed by atoms with Crippen molar-refractivity contribution >= 4 is 17.0 Å². The van der Waals surface area contributed by atoms with E-state index in [4.69, 9.17) is 5.73 Å². The molecule has 0 saturated heterocycles. The first-order chi connectivity index (χ1) is 12.9. The molecule has 0 amide bonds. The number of alkyl halides is 3. The summed E-state index contributed by atoms with van der Waals surface area (Å²) in [5.74, 6) is 0.825. The number of guanidine groups is 1. The van der Waals surface area contributed by atoms with Crippen molar-refractivity contribution in [2.24, 2.45) is 10.7 Å². The number of para-hydroxylation sites is 2. The number of nitrogens with two attached hydrogens (primary N) is 1. The van der Waals surface area contributed by atoms with Crippen LogP contribution in [0.4, 0.5) is 13.2 Å². The fourth-order valence-electron chi connectivity index (χ4n) is 2.46. The van der Waals surface area contributed by atoms with E-state index in [1.807, 2.05) is 24.3 Å². The standard InChI is InChI=1S/C18H18F3N5O/c19-18(20,21)27-13-7-5-12(6-8-13)11-24-17(22)23-10-9-16-25-14-3-1-2-4-15(14)26-16/h1-8H,9-11H2,(H,25,26)(H3,22,23,24). The first kappa shape index (κ1) is 18.6. The van der Waals surface area contributed by atoms with Crippen molar-refractivity contribution in [3.63, 3.8) is 0 Å². The number of hydrogen-bond donors (Lipinski definition) is 3. The summed E-state index contributed by atoms with van der Waals surface area (Å²) >= 11 is 0. The Hall–Kier alpha value is -3.23. The summed E-state index contributed by atoms with van der Waals surface area (Å²) in [5.41, 5.74) is 8.41. The summed E-state index contributed by atoms with van der Waals surface area (Å²) in [6.45, 7) is 0.795. The molecule has 0 aliphatic heterocycles. The maximum absolute atomic E-state index is 12.1. The van der Waals surface area contributed by atoms with Crippen molar-refractivity contribution in [3.8, 4) is 5.75 Å². The van der Waals surface area contributed by atoms with Crippen molar-refractivity contribution in [1.29, 1.82) is 0 Å². The van der Waals surface area contributed by atoms with Crippen LogP contribution in [0.2, 0.25) is 0 Å². The molecule has 0 bridgehead atoms. The predicted octanol–water partition coefficient (Wildman–Crippen LogP) is 3.11. The fraction of sp³-hybridized carbons (Fsp3) is 0.222. The molecular weight excluding hydrogens is 359 g/mol. The van der Waals surface area contributed by atoms with Crippen LogP contribution in [0.5, 0.6) is 5.75 Å². The molecule has 0 aliphatic rings. The maximum Gasteiger partial charge on any atom is 0.573 e. The zero-order valence-corrected chi connectivity index (χ0v) is 14.3. The van der Waals surface area contributed by atoms with Gasteiger partial charge in [0.25, 0.3) is 0 Å². The van der Waals surface area contributed by atoms with Crippen LogP contribution in [0, 0.1) is 0 Å². The van der Waals surface area contributed by atoms with Crippen molar-refractivity contribution in [3.05, 3.63) is 59.9 Å². The number of rotatable bonds is 6. The molecule has 142 valence electrons. The third-order valence-corrected chi connectivity index (χ3v) is 3.70. The molecule has 6 nitrogen and oxygen atoms in total. The number of halogens is 3. The van der Waals surface area contributed by atoms with E-state index in [1.54, 1.807) is 0 Å². The van der Waals surface area contributed by atoms with Gasteiger partial charge in [0, 0.05) is 13.0 Å². The SMILES string of the molecule is NC(=NCc1ccc(OC(F)(F)F)cc1)NCCc1nc2ccccc2[nH]1. The van der Waals surface area contributed by atoms with E-state index in [0.717, 1.165) is 16.9 Å². The number of benzene rings is 2. The Morgan fingerprint density at radius 3 is 2.59 bits per heavy atom. The van der Waals surface area contributed by atoms with Gasteiger partial charge in [-0.3, -0.25) is 0 Å². The van der Waals surface area contributed by atoms with Crippen LogP contribution in [0.1, 0.15) is 11.4 Å². The molecule has 0 fully saturated rings. The molecule has 0 saturated carbocycles. The van der Waals surface area contributed by atoms with E-state index in [0.29, 0.717) is 18.5 Å². The Bertz CT molecular complexity index is 886. The van der Waals surface area contributed by atoms with Crippen molar-refractivity contribution < 1.29 is 17.9 Å². The maximum atomic E-state index is 12.1. The minimum Gasteiger partial charge on any atom is -0.406 e. The van der Waals surface area contributed by atoms with E-state index < -0.39 is 6.36 Å². The number of aromatic amines is 1. The number of H-pyrrole nitrogens is 1. The largest absolute Gasteiger partial charge is 0.573 e. The minimum absolute atomic E-state index is 0.246. The highest BCUT2D eigenvalue weighted by Crippen LogP contribution is 2.22. The monoisotopic (exact) mass is 377 g/mol. The third-order valence-electron chi connectivity index (χ3n) is 3.70. The molecular formula is C18H18F3N5O. The number of ether oxygens (including phenoxy) is 1. The summed E-state index contributed by atoms with van der Waals surface area (Å²) in [7, 11) is 0. The highest BCUT2D eigenvalue weighted by molar-refractivity contribution is 5.78. The van der Waals surface area contributed by atoms with Gasteiger partial charge in [-0.05, 0) is 29.8 Å². The van der Waals surface area contributed by atoms with Crippen molar-refractivity contribution in [1.82, 2.24) is 15.3 Å². The lowest BCUT2D eigenvalue weighted by atomic mass is 10.2. The van der Waals surface area contributed by atoms with Gasteiger partial charge in [0.05, 0.1) is 17.6 Å². The zero-order chi connectivity index (χ0) is 19.3. The molecule has 0 aliphatic carbocycles. The molecule has 2 aromatic carbocycles. The van der Waals surface area contributed by atoms with Crippen molar-refractivity contribution in [2.45, 2.75) is 19.3 Å². The summed E-state index contributed by atoms with van der Waals surface area (Å²) in [5, 5.41) is 2.98. The summed E-state index contributed by atoms with van der Waals surface area (Å²) in [4.78, 5) is 11.9. The molecule has 9 heteroatoms. The molecule has 0 spiro atoms. The molecule has 1 heterocycles. The Morgan fingerprint density at radius 1 is 1.15 bits per heavy atom. The second-order valence-electron chi connectivity index (χ2n) is 5.77. The van der Waals surface area contributed by atoms with E-state index in [9.17, 15) is 13.2 Å². The minimum atomic E-state index is -4.70. The Balaban J connectivity index is 1.46. The van der Waals surface area contributed by atoms with Gasteiger partial charge in [-0.15, -0.1) is 13.2 Å². The van der Waals surface area contributed by atoms with E-state index in [2.05, 4.69) is 25.0 Å². The van der Waals surface area contributed by atoms with Gasteiger partial charge in [-0.25, -0.2) is 9.98 Å². The normalized spacial score (nSPS) is 12.3. The van der Waals surface area contributed by atoms with Crippen LogP contribution in [-0.2, 0) is 13.0 Å². The van der Waals surface area contributed by atoms with Gasteiger partial charge >= 0.3 is 6.36 Å².